The van der Waals surface area contributed by atoms with Crippen LogP contribution in [-0.2, 0) is 18.8 Å². The zero-order valence-corrected chi connectivity index (χ0v) is 18.3. The molecule has 2 aliphatic heterocycles. The maximum absolute atomic E-state index is 12.9. The Balaban J connectivity index is 1.71. The molecule has 0 aliphatic carbocycles. The third kappa shape index (κ3) is 4.45. The van der Waals surface area contributed by atoms with E-state index in [4.69, 9.17) is 14.0 Å². The predicted molar refractivity (Wildman–Crippen MR) is 108 cm³/mol. The second kappa shape index (κ2) is 7.36. The van der Waals surface area contributed by atoms with Crippen molar-refractivity contribution in [3.8, 4) is 0 Å². The second-order valence-corrected chi connectivity index (χ2v) is 9.62. The third-order valence-electron chi connectivity index (χ3n) is 5.58. The number of hydrogen-bond acceptors (Lipinski definition) is 7. The lowest BCUT2D eigenvalue weighted by Gasteiger charge is -2.32. The van der Waals surface area contributed by atoms with Gasteiger partial charge in [0.1, 0.15) is 11.6 Å². The highest BCUT2D eigenvalue weighted by atomic mass is 16.7. The summed E-state index contributed by atoms with van der Waals surface area (Å²) in [5.41, 5.74) is -0.898. The van der Waals surface area contributed by atoms with Gasteiger partial charge in [-0.15, -0.1) is 0 Å². The number of hydrogen-bond donors (Lipinski definition) is 0. The first-order valence-electron chi connectivity index (χ1n) is 10.0. The molecule has 1 aromatic rings. The summed E-state index contributed by atoms with van der Waals surface area (Å²) in [7, 11) is -0.592. The molecule has 2 aliphatic rings. The highest BCUT2D eigenvalue weighted by Gasteiger charge is 2.52. The Labute approximate surface area is 172 Å². The first-order chi connectivity index (χ1) is 13.3. The fourth-order valence-electron chi connectivity index (χ4n) is 3.30. The fourth-order valence-corrected chi connectivity index (χ4v) is 3.30. The van der Waals surface area contributed by atoms with Crippen molar-refractivity contribution in [2.45, 2.75) is 84.2 Å². The minimum absolute atomic E-state index is 0.0423. The van der Waals surface area contributed by atoms with Crippen molar-refractivity contribution >= 4 is 24.5 Å². The molecule has 3 heterocycles. The van der Waals surface area contributed by atoms with E-state index in [2.05, 4.69) is 9.97 Å². The minimum atomic E-state index is -0.604. The van der Waals surface area contributed by atoms with Crippen LogP contribution in [0.4, 0.5) is 0 Å². The van der Waals surface area contributed by atoms with Crippen LogP contribution in [0.25, 0.3) is 0 Å². The van der Waals surface area contributed by atoms with Crippen molar-refractivity contribution in [3.05, 3.63) is 18.2 Å². The normalized spacial score (nSPS) is 23.3. The van der Waals surface area contributed by atoms with Crippen LogP contribution in [0.2, 0.25) is 0 Å². The Morgan fingerprint density at radius 2 is 1.69 bits per heavy atom. The number of aromatic nitrogens is 2. The Bertz CT molecular complexity index is 772. The molecule has 0 saturated carbocycles. The van der Waals surface area contributed by atoms with E-state index in [1.807, 2.05) is 48.5 Å². The first-order valence-corrected chi connectivity index (χ1v) is 10.0. The van der Waals surface area contributed by atoms with Gasteiger partial charge in [0.15, 0.2) is 0 Å². The molecule has 8 nitrogen and oxygen atoms in total. The minimum Gasteiger partial charge on any atom is -0.458 e. The molecule has 1 unspecified atom stereocenters. The Hall–Kier alpha value is -2.00. The van der Waals surface area contributed by atoms with Crippen molar-refractivity contribution < 1.29 is 23.6 Å². The van der Waals surface area contributed by atoms with Crippen molar-refractivity contribution in [1.82, 2.24) is 14.9 Å². The monoisotopic (exact) mass is 403 g/mol. The summed E-state index contributed by atoms with van der Waals surface area (Å²) < 4.78 is 17.4. The Morgan fingerprint density at radius 3 is 2.21 bits per heavy atom. The highest BCUT2D eigenvalue weighted by Crippen LogP contribution is 2.36. The predicted octanol–water partition coefficient (Wildman–Crippen LogP) is 1.72. The van der Waals surface area contributed by atoms with E-state index >= 15 is 0 Å². The lowest BCUT2D eigenvalue weighted by molar-refractivity contribution is -0.159. The van der Waals surface area contributed by atoms with Crippen LogP contribution in [0.1, 0.15) is 71.9 Å². The molecule has 1 amide bonds. The summed E-state index contributed by atoms with van der Waals surface area (Å²) in [5, 5.41) is 0. The molecule has 1 aromatic heterocycles. The van der Waals surface area contributed by atoms with E-state index < -0.39 is 35.9 Å². The van der Waals surface area contributed by atoms with E-state index in [1.54, 1.807) is 12.4 Å². The van der Waals surface area contributed by atoms with Gasteiger partial charge < -0.3 is 18.9 Å². The summed E-state index contributed by atoms with van der Waals surface area (Å²) in [5.74, 6) is -0.725. The Morgan fingerprint density at radius 1 is 1.14 bits per heavy atom. The lowest BCUT2D eigenvalue weighted by Crippen LogP contribution is -2.44. The number of rotatable bonds is 3. The van der Waals surface area contributed by atoms with Crippen LogP contribution in [-0.4, -0.2) is 63.3 Å². The van der Waals surface area contributed by atoms with E-state index in [-0.39, 0.29) is 11.7 Å². The first kappa shape index (κ1) is 21.7. The summed E-state index contributed by atoms with van der Waals surface area (Å²) in [4.78, 5) is 35.3. The van der Waals surface area contributed by atoms with Crippen molar-refractivity contribution in [2.75, 3.05) is 6.54 Å². The highest BCUT2D eigenvalue weighted by molar-refractivity contribution is 6.61. The van der Waals surface area contributed by atoms with Crippen molar-refractivity contribution in [2.24, 2.45) is 0 Å². The molecule has 29 heavy (non-hydrogen) atoms. The number of carbonyl (C=O) groups excluding carboxylic acids is 2. The maximum Gasteiger partial charge on any atom is 0.498 e. The van der Waals surface area contributed by atoms with Crippen molar-refractivity contribution in [3.63, 3.8) is 0 Å². The molecule has 158 valence electrons. The zero-order valence-electron chi connectivity index (χ0n) is 18.3. The fraction of sp³-hybridized carbons (Fsp3) is 0.700. The van der Waals surface area contributed by atoms with Gasteiger partial charge in [0, 0.05) is 24.4 Å². The smallest absolute Gasteiger partial charge is 0.458 e. The lowest BCUT2D eigenvalue weighted by atomic mass is 9.81. The van der Waals surface area contributed by atoms with E-state index in [1.165, 1.54) is 4.90 Å². The molecule has 0 radical (unpaired) electrons. The molecule has 1 atom stereocenters. The molecule has 0 N–H and O–H groups in total. The van der Waals surface area contributed by atoms with Gasteiger partial charge in [0.25, 0.3) is 5.91 Å². The maximum atomic E-state index is 12.9. The molecular weight excluding hydrogens is 373 g/mol. The summed E-state index contributed by atoms with van der Waals surface area (Å²) in [6.45, 7) is 13.8. The Kier molecular flexibility index (Phi) is 5.51. The third-order valence-corrected chi connectivity index (χ3v) is 5.58. The van der Waals surface area contributed by atoms with Crippen molar-refractivity contribution in [1.29, 1.82) is 0 Å². The number of ether oxygens (including phenoxy) is 1. The van der Waals surface area contributed by atoms with Gasteiger partial charge in [0.2, 0.25) is 5.82 Å². The van der Waals surface area contributed by atoms with Gasteiger partial charge in [0.05, 0.1) is 11.2 Å². The summed E-state index contributed by atoms with van der Waals surface area (Å²) in [6, 6.07) is -0.604. The molecule has 0 aromatic carbocycles. The summed E-state index contributed by atoms with van der Waals surface area (Å²) >= 11 is 0. The average Bonchev–Trinajstić information content (AvgIpc) is 3.16. The van der Waals surface area contributed by atoms with E-state index in [0.717, 1.165) is 6.42 Å². The number of likely N-dealkylation sites (tertiary alicyclic amines) is 1. The molecule has 0 spiro atoms. The van der Waals surface area contributed by atoms with E-state index in [9.17, 15) is 9.59 Å². The van der Waals surface area contributed by atoms with Crippen LogP contribution in [0.3, 0.4) is 0 Å². The number of nitrogens with zero attached hydrogens (tertiary/aromatic N) is 3. The van der Waals surface area contributed by atoms with Crippen LogP contribution in [0.15, 0.2) is 12.4 Å². The zero-order chi connectivity index (χ0) is 21.6. The van der Waals surface area contributed by atoms with E-state index in [0.29, 0.717) is 18.4 Å². The van der Waals surface area contributed by atoms with Gasteiger partial charge in [-0.25, -0.2) is 14.8 Å². The molecule has 9 heteroatoms. The standard InChI is InChI=1S/C20H30BN3O5/c1-18(2,3)27-17(26)14-9-8-10-24(14)16(25)15-22-11-13(12-23-15)21-28-19(4,5)20(6,7)29-21/h11-12,14H,8-10H2,1-7H3. The van der Waals surface area contributed by atoms with Crippen LogP contribution in [0.5, 0.6) is 0 Å². The van der Waals surface area contributed by atoms with Gasteiger partial charge in [-0.05, 0) is 61.3 Å². The van der Waals surface area contributed by atoms with Gasteiger partial charge in [-0.3, -0.25) is 4.79 Å². The van der Waals surface area contributed by atoms with Crippen LogP contribution >= 0.6 is 0 Å². The quantitative estimate of drug-likeness (QED) is 0.561. The second-order valence-electron chi connectivity index (χ2n) is 9.62. The molecule has 3 rings (SSSR count). The molecular formula is C20H30BN3O5. The number of carbonyl (C=O) groups is 2. The topological polar surface area (TPSA) is 90.9 Å². The van der Waals surface area contributed by atoms with Gasteiger partial charge in [-0.2, -0.15) is 0 Å². The number of amides is 1. The molecule has 2 saturated heterocycles. The number of esters is 1. The average molecular weight is 403 g/mol. The largest absolute Gasteiger partial charge is 0.498 e. The van der Waals surface area contributed by atoms with Gasteiger partial charge >= 0.3 is 13.1 Å². The molecule has 2 fully saturated rings. The summed E-state index contributed by atoms with van der Waals surface area (Å²) in [6.07, 6.45) is 4.40. The SMILES string of the molecule is CC(C)(C)OC(=O)C1CCCN1C(=O)c1ncc(B2OC(C)(C)C(C)(C)O2)cn1. The van der Waals surface area contributed by atoms with Crippen LogP contribution in [0, 0.1) is 0 Å². The molecule has 0 bridgehead atoms. The van der Waals surface area contributed by atoms with Crippen LogP contribution < -0.4 is 5.46 Å². The van der Waals surface area contributed by atoms with Gasteiger partial charge in [-0.1, -0.05) is 0 Å².